The molecular formula is C12H14N4O2. The highest BCUT2D eigenvalue weighted by Crippen LogP contribution is 2.05. The number of rotatable bonds is 4. The van der Waals surface area contributed by atoms with Crippen molar-refractivity contribution in [3.8, 4) is 0 Å². The van der Waals surface area contributed by atoms with Crippen molar-refractivity contribution in [2.75, 3.05) is 0 Å². The fourth-order valence-corrected chi connectivity index (χ4v) is 1.46. The quantitative estimate of drug-likeness (QED) is 0.878. The lowest BCUT2D eigenvalue weighted by molar-refractivity contribution is 0.0946. The fourth-order valence-electron chi connectivity index (χ4n) is 1.46. The van der Waals surface area contributed by atoms with E-state index >= 15 is 0 Å². The highest BCUT2D eigenvalue weighted by molar-refractivity contribution is 5.95. The van der Waals surface area contributed by atoms with Gasteiger partial charge < -0.3 is 9.73 Å². The van der Waals surface area contributed by atoms with Crippen LogP contribution in [0, 0.1) is 6.92 Å². The molecule has 0 aliphatic carbocycles. The summed E-state index contributed by atoms with van der Waals surface area (Å²) in [5.74, 6) is 0.774. The van der Waals surface area contributed by atoms with Crippen LogP contribution in [0.15, 0.2) is 22.9 Å². The highest BCUT2D eigenvalue weighted by atomic mass is 16.4. The Labute approximate surface area is 104 Å². The summed E-state index contributed by atoms with van der Waals surface area (Å²) in [6, 6.07) is 1.79. The molecule has 1 amide bonds. The van der Waals surface area contributed by atoms with Crippen molar-refractivity contribution < 1.29 is 9.21 Å². The summed E-state index contributed by atoms with van der Waals surface area (Å²) in [5, 5.41) is 10.4. The monoisotopic (exact) mass is 246 g/mol. The van der Waals surface area contributed by atoms with Crippen LogP contribution in [0.3, 0.4) is 0 Å². The first-order valence-electron chi connectivity index (χ1n) is 5.70. The zero-order valence-corrected chi connectivity index (χ0v) is 10.3. The summed E-state index contributed by atoms with van der Waals surface area (Å²) in [6.07, 6.45) is 3.87. The third kappa shape index (κ3) is 2.71. The summed E-state index contributed by atoms with van der Waals surface area (Å²) in [4.78, 5) is 15.8. The van der Waals surface area contributed by atoms with Crippen molar-refractivity contribution >= 4 is 5.91 Å². The standard InChI is InChI=1S/C12H14N4O2/c1-3-10-15-16-11(18-10)7-14-12(17)9-6-13-5-4-8(9)2/h4-6H,3,7H2,1-2H3,(H,14,17). The second kappa shape index (κ2) is 5.39. The van der Waals surface area contributed by atoms with Crippen molar-refractivity contribution in [1.82, 2.24) is 20.5 Å². The number of hydrogen-bond acceptors (Lipinski definition) is 5. The van der Waals surface area contributed by atoms with Gasteiger partial charge in [0.15, 0.2) is 0 Å². The van der Waals surface area contributed by atoms with Gasteiger partial charge in [-0.05, 0) is 18.6 Å². The van der Waals surface area contributed by atoms with Crippen LogP contribution in [-0.2, 0) is 13.0 Å². The van der Waals surface area contributed by atoms with Gasteiger partial charge in [-0.15, -0.1) is 10.2 Å². The molecule has 0 saturated carbocycles. The Morgan fingerprint density at radius 2 is 2.17 bits per heavy atom. The minimum absolute atomic E-state index is 0.197. The second-order valence-corrected chi connectivity index (χ2v) is 3.82. The van der Waals surface area contributed by atoms with Gasteiger partial charge in [-0.2, -0.15) is 0 Å². The zero-order chi connectivity index (χ0) is 13.0. The first-order chi connectivity index (χ1) is 8.70. The van der Waals surface area contributed by atoms with E-state index in [0.717, 1.165) is 5.56 Å². The molecule has 18 heavy (non-hydrogen) atoms. The molecule has 0 fully saturated rings. The minimum Gasteiger partial charge on any atom is -0.423 e. The summed E-state index contributed by atoms with van der Waals surface area (Å²) >= 11 is 0. The lowest BCUT2D eigenvalue weighted by Gasteiger charge is -2.04. The Morgan fingerprint density at radius 1 is 1.39 bits per heavy atom. The van der Waals surface area contributed by atoms with Gasteiger partial charge in [0.2, 0.25) is 11.8 Å². The van der Waals surface area contributed by atoms with Gasteiger partial charge in [-0.3, -0.25) is 9.78 Å². The van der Waals surface area contributed by atoms with Crippen molar-refractivity contribution in [2.45, 2.75) is 26.8 Å². The van der Waals surface area contributed by atoms with Crippen LogP contribution in [0.5, 0.6) is 0 Å². The fraction of sp³-hybridized carbons (Fsp3) is 0.333. The van der Waals surface area contributed by atoms with E-state index in [1.54, 1.807) is 12.3 Å². The summed E-state index contributed by atoms with van der Waals surface area (Å²) in [7, 11) is 0. The van der Waals surface area contributed by atoms with E-state index in [1.807, 2.05) is 13.8 Å². The number of nitrogens with zero attached hydrogens (tertiary/aromatic N) is 3. The molecule has 0 unspecified atom stereocenters. The molecule has 2 aromatic rings. The van der Waals surface area contributed by atoms with Gasteiger partial charge in [-0.1, -0.05) is 6.92 Å². The molecule has 6 nitrogen and oxygen atoms in total. The van der Waals surface area contributed by atoms with Gasteiger partial charge in [0, 0.05) is 18.8 Å². The molecule has 0 bridgehead atoms. The van der Waals surface area contributed by atoms with Crippen LogP contribution in [0.25, 0.3) is 0 Å². The molecule has 0 spiro atoms. The lowest BCUT2D eigenvalue weighted by Crippen LogP contribution is -2.23. The Bertz CT molecular complexity index is 551. The van der Waals surface area contributed by atoms with Crippen LogP contribution in [0.4, 0.5) is 0 Å². The molecular weight excluding hydrogens is 232 g/mol. The van der Waals surface area contributed by atoms with Gasteiger partial charge in [0.1, 0.15) is 0 Å². The largest absolute Gasteiger partial charge is 0.423 e. The van der Waals surface area contributed by atoms with Crippen LogP contribution in [0.1, 0.15) is 34.6 Å². The van der Waals surface area contributed by atoms with Crippen LogP contribution < -0.4 is 5.32 Å². The molecule has 0 radical (unpaired) electrons. The number of aromatic nitrogens is 3. The smallest absolute Gasteiger partial charge is 0.253 e. The minimum atomic E-state index is -0.197. The molecule has 0 aliphatic rings. The van der Waals surface area contributed by atoms with E-state index in [4.69, 9.17) is 4.42 Å². The molecule has 2 aromatic heterocycles. The number of aryl methyl sites for hydroxylation is 2. The number of pyridine rings is 1. The number of carbonyl (C=O) groups excluding carboxylic acids is 1. The highest BCUT2D eigenvalue weighted by Gasteiger charge is 2.10. The van der Waals surface area contributed by atoms with Gasteiger partial charge in [0.05, 0.1) is 12.1 Å². The van der Waals surface area contributed by atoms with Crippen molar-refractivity contribution in [2.24, 2.45) is 0 Å². The predicted molar refractivity (Wildman–Crippen MR) is 63.8 cm³/mol. The van der Waals surface area contributed by atoms with Crippen molar-refractivity contribution in [1.29, 1.82) is 0 Å². The molecule has 0 aromatic carbocycles. The van der Waals surface area contributed by atoms with Gasteiger partial charge in [0.25, 0.3) is 5.91 Å². The zero-order valence-electron chi connectivity index (χ0n) is 10.3. The first kappa shape index (κ1) is 12.2. The maximum absolute atomic E-state index is 11.9. The van der Waals surface area contributed by atoms with E-state index in [1.165, 1.54) is 6.20 Å². The van der Waals surface area contributed by atoms with E-state index in [0.29, 0.717) is 23.8 Å². The number of amides is 1. The molecule has 2 rings (SSSR count). The average Bonchev–Trinajstić information content (AvgIpc) is 2.84. The molecule has 0 atom stereocenters. The summed E-state index contributed by atoms with van der Waals surface area (Å²) < 4.78 is 5.30. The van der Waals surface area contributed by atoms with E-state index < -0.39 is 0 Å². The maximum atomic E-state index is 11.9. The normalized spacial score (nSPS) is 10.3. The average molecular weight is 246 g/mol. The number of hydrogen-bond donors (Lipinski definition) is 1. The van der Waals surface area contributed by atoms with Crippen molar-refractivity contribution in [3.63, 3.8) is 0 Å². The second-order valence-electron chi connectivity index (χ2n) is 3.82. The van der Waals surface area contributed by atoms with E-state index in [9.17, 15) is 4.79 Å². The van der Waals surface area contributed by atoms with Crippen molar-refractivity contribution in [3.05, 3.63) is 41.4 Å². The van der Waals surface area contributed by atoms with Crippen LogP contribution >= 0.6 is 0 Å². The van der Waals surface area contributed by atoms with E-state index in [-0.39, 0.29) is 12.5 Å². The molecule has 94 valence electrons. The molecule has 0 saturated heterocycles. The SMILES string of the molecule is CCc1nnc(CNC(=O)c2cnccc2C)o1. The van der Waals surface area contributed by atoms with E-state index in [2.05, 4.69) is 20.5 Å². The Balaban J connectivity index is 1.98. The number of nitrogens with one attached hydrogen (secondary N) is 1. The van der Waals surface area contributed by atoms with Gasteiger partial charge in [-0.25, -0.2) is 0 Å². The molecule has 2 heterocycles. The van der Waals surface area contributed by atoms with Crippen LogP contribution in [-0.4, -0.2) is 21.1 Å². The Kier molecular flexibility index (Phi) is 3.66. The molecule has 1 N–H and O–H groups in total. The maximum Gasteiger partial charge on any atom is 0.253 e. The lowest BCUT2D eigenvalue weighted by atomic mass is 10.1. The number of carbonyl (C=O) groups is 1. The summed E-state index contributed by atoms with van der Waals surface area (Å²) in [6.45, 7) is 4.01. The molecule has 0 aliphatic heterocycles. The van der Waals surface area contributed by atoms with Gasteiger partial charge >= 0.3 is 0 Å². The third-order valence-corrected chi connectivity index (χ3v) is 2.50. The third-order valence-electron chi connectivity index (χ3n) is 2.50. The molecule has 6 heteroatoms. The van der Waals surface area contributed by atoms with Crippen LogP contribution in [0.2, 0.25) is 0 Å². The Hall–Kier alpha value is -2.24. The Morgan fingerprint density at radius 3 is 2.83 bits per heavy atom. The first-order valence-corrected chi connectivity index (χ1v) is 5.70. The predicted octanol–water partition coefficient (Wildman–Crippen LogP) is 1.27. The summed E-state index contributed by atoms with van der Waals surface area (Å²) in [5.41, 5.74) is 1.43. The topological polar surface area (TPSA) is 80.9 Å².